The molecule has 0 atom stereocenters. The molecule has 35 heavy (non-hydrogen) atoms. The minimum atomic E-state index is -0.259. The minimum absolute atomic E-state index is 0.0111. The molecule has 1 aliphatic rings. The van der Waals surface area contributed by atoms with E-state index in [1.54, 1.807) is 29.2 Å². The van der Waals surface area contributed by atoms with E-state index >= 15 is 0 Å². The summed E-state index contributed by atoms with van der Waals surface area (Å²) in [6.07, 6.45) is 3.22. The molecule has 1 heterocycles. The van der Waals surface area contributed by atoms with Crippen LogP contribution in [0.3, 0.4) is 0 Å². The highest BCUT2D eigenvalue weighted by Gasteiger charge is 2.25. The standard InChI is InChI=1S/C28H29N3O4/c1-30(2)16-17-31-25-14-11-23(18-26(25)35-20-28(31)33)29-27(32)15-10-21-8-12-24(13-9-21)34-19-22-6-4-3-5-7-22/h3-15,18H,16-17,19-20H2,1-2H3,(H,29,32)/b15-10+. The van der Waals surface area contributed by atoms with Crippen LogP contribution in [0.15, 0.2) is 78.9 Å². The lowest BCUT2D eigenvalue weighted by Gasteiger charge is -2.30. The molecule has 0 unspecified atom stereocenters. The number of nitrogens with zero attached hydrogens (tertiary/aromatic N) is 2. The number of likely N-dealkylation sites (N-methyl/N-ethyl adjacent to an activating group) is 1. The van der Waals surface area contributed by atoms with Crippen LogP contribution in [0.5, 0.6) is 11.5 Å². The lowest BCUT2D eigenvalue weighted by atomic mass is 10.2. The van der Waals surface area contributed by atoms with E-state index in [0.717, 1.165) is 23.4 Å². The van der Waals surface area contributed by atoms with Crippen molar-refractivity contribution in [3.8, 4) is 11.5 Å². The van der Waals surface area contributed by atoms with Gasteiger partial charge in [0.25, 0.3) is 5.91 Å². The molecule has 3 aromatic rings. The Labute approximate surface area is 205 Å². The van der Waals surface area contributed by atoms with Crippen molar-refractivity contribution in [2.24, 2.45) is 0 Å². The van der Waals surface area contributed by atoms with Gasteiger partial charge in [0.1, 0.15) is 18.1 Å². The third-order valence-corrected chi connectivity index (χ3v) is 5.50. The van der Waals surface area contributed by atoms with Gasteiger partial charge < -0.3 is 24.6 Å². The molecule has 0 aliphatic carbocycles. The normalized spacial score (nSPS) is 13.0. The van der Waals surface area contributed by atoms with Gasteiger partial charge in [-0.2, -0.15) is 0 Å². The van der Waals surface area contributed by atoms with Gasteiger partial charge in [-0.1, -0.05) is 42.5 Å². The largest absolute Gasteiger partial charge is 0.489 e. The van der Waals surface area contributed by atoms with E-state index in [1.165, 1.54) is 6.08 Å². The second-order valence-electron chi connectivity index (χ2n) is 8.49. The molecule has 7 nitrogen and oxygen atoms in total. The van der Waals surface area contributed by atoms with Crippen molar-refractivity contribution in [3.05, 3.63) is 90.0 Å². The van der Waals surface area contributed by atoms with Crippen LogP contribution in [-0.4, -0.2) is 50.5 Å². The Kier molecular flexibility index (Phi) is 7.80. The van der Waals surface area contributed by atoms with Crippen LogP contribution in [0, 0.1) is 0 Å². The molecule has 3 aromatic carbocycles. The molecular weight excluding hydrogens is 442 g/mol. The van der Waals surface area contributed by atoms with Gasteiger partial charge in [-0.05, 0) is 55.6 Å². The summed E-state index contributed by atoms with van der Waals surface area (Å²) in [7, 11) is 3.93. The fourth-order valence-corrected chi connectivity index (χ4v) is 3.60. The number of hydrogen-bond acceptors (Lipinski definition) is 5. The Balaban J connectivity index is 1.32. The molecule has 180 valence electrons. The van der Waals surface area contributed by atoms with E-state index in [2.05, 4.69) is 5.32 Å². The van der Waals surface area contributed by atoms with Crippen molar-refractivity contribution < 1.29 is 19.1 Å². The first-order valence-electron chi connectivity index (χ1n) is 11.5. The van der Waals surface area contributed by atoms with Crippen molar-refractivity contribution in [1.82, 2.24) is 4.90 Å². The van der Waals surface area contributed by atoms with E-state index in [-0.39, 0.29) is 18.4 Å². The number of carbonyl (C=O) groups is 2. The van der Waals surface area contributed by atoms with Gasteiger partial charge in [0.15, 0.2) is 6.61 Å². The number of benzene rings is 3. The Bertz CT molecular complexity index is 1190. The topological polar surface area (TPSA) is 71.1 Å². The summed E-state index contributed by atoms with van der Waals surface area (Å²) < 4.78 is 11.4. The van der Waals surface area contributed by atoms with E-state index in [4.69, 9.17) is 9.47 Å². The summed E-state index contributed by atoms with van der Waals surface area (Å²) in [5, 5.41) is 2.85. The fraction of sp³-hybridized carbons (Fsp3) is 0.214. The van der Waals surface area contributed by atoms with Gasteiger partial charge >= 0.3 is 0 Å². The van der Waals surface area contributed by atoms with Gasteiger partial charge in [0.05, 0.1) is 5.69 Å². The summed E-state index contributed by atoms with van der Waals surface area (Å²) >= 11 is 0. The summed E-state index contributed by atoms with van der Waals surface area (Å²) in [4.78, 5) is 28.5. The number of amides is 2. The first-order valence-corrected chi connectivity index (χ1v) is 11.5. The van der Waals surface area contributed by atoms with Gasteiger partial charge in [0, 0.05) is 30.9 Å². The molecule has 2 amide bonds. The van der Waals surface area contributed by atoms with Crippen LogP contribution in [0.1, 0.15) is 11.1 Å². The zero-order valence-electron chi connectivity index (χ0n) is 19.9. The molecule has 0 spiro atoms. The van der Waals surface area contributed by atoms with Gasteiger partial charge in [-0.3, -0.25) is 9.59 Å². The second kappa shape index (κ2) is 11.4. The quantitative estimate of drug-likeness (QED) is 0.474. The number of rotatable bonds is 9. The summed E-state index contributed by atoms with van der Waals surface area (Å²) in [6.45, 7) is 1.81. The molecule has 1 aliphatic heterocycles. The highest BCUT2D eigenvalue weighted by atomic mass is 16.5. The lowest BCUT2D eigenvalue weighted by Crippen LogP contribution is -2.42. The molecule has 1 N–H and O–H groups in total. The van der Waals surface area contributed by atoms with Gasteiger partial charge in [-0.15, -0.1) is 0 Å². The van der Waals surface area contributed by atoms with Gasteiger partial charge in [0.2, 0.25) is 5.91 Å². The van der Waals surface area contributed by atoms with Crippen molar-refractivity contribution >= 4 is 29.3 Å². The Morgan fingerprint density at radius 3 is 2.60 bits per heavy atom. The van der Waals surface area contributed by atoms with E-state index in [0.29, 0.717) is 30.3 Å². The molecule has 0 fully saturated rings. The first-order chi connectivity index (χ1) is 17.0. The van der Waals surface area contributed by atoms with E-state index in [1.807, 2.05) is 73.6 Å². The predicted molar refractivity (Wildman–Crippen MR) is 138 cm³/mol. The maximum Gasteiger partial charge on any atom is 0.265 e. The van der Waals surface area contributed by atoms with Crippen LogP contribution in [0.2, 0.25) is 0 Å². The molecule has 0 aromatic heterocycles. The third-order valence-electron chi connectivity index (χ3n) is 5.50. The number of nitrogens with one attached hydrogen (secondary N) is 1. The zero-order chi connectivity index (χ0) is 24.6. The summed E-state index contributed by atoms with van der Waals surface area (Å²) in [5.41, 5.74) is 3.31. The van der Waals surface area contributed by atoms with Gasteiger partial charge in [-0.25, -0.2) is 0 Å². The molecule has 7 heteroatoms. The van der Waals surface area contributed by atoms with Crippen LogP contribution < -0.4 is 19.7 Å². The minimum Gasteiger partial charge on any atom is -0.489 e. The van der Waals surface area contributed by atoms with Crippen LogP contribution >= 0.6 is 0 Å². The van der Waals surface area contributed by atoms with E-state index < -0.39 is 0 Å². The van der Waals surface area contributed by atoms with Crippen molar-refractivity contribution in [3.63, 3.8) is 0 Å². The van der Waals surface area contributed by atoms with Crippen molar-refractivity contribution in [2.45, 2.75) is 6.61 Å². The molecular formula is C28H29N3O4. The average molecular weight is 472 g/mol. The Hall–Kier alpha value is -4.10. The summed E-state index contributed by atoms with van der Waals surface area (Å²) in [5.74, 6) is 1.01. The average Bonchev–Trinajstić information content (AvgIpc) is 2.87. The Morgan fingerprint density at radius 2 is 1.86 bits per heavy atom. The van der Waals surface area contributed by atoms with Crippen LogP contribution in [0.25, 0.3) is 6.08 Å². The molecule has 0 saturated carbocycles. The Morgan fingerprint density at radius 1 is 1.09 bits per heavy atom. The summed E-state index contributed by atoms with van der Waals surface area (Å²) in [6, 6.07) is 22.9. The highest BCUT2D eigenvalue weighted by Crippen LogP contribution is 2.34. The number of ether oxygens (including phenoxy) is 2. The number of carbonyl (C=O) groups excluding carboxylic acids is 2. The second-order valence-corrected chi connectivity index (χ2v) is 8.49. The van der Waals surface area contributed by atoms with Crippen LogP contribution in [0.4, 0.5) is 11.4 Å². The molecule has 0 radical (unpaired) electrons. The lowest BCUT2D eigenvalue weighted by molar-refractivity contribution is -0.121. The number of anilines is 2. The zero-order valence-corrected chi connectivity index (χ0v) is 19.9. The van der Waals surface area contributed by atoms with Crippen molar-refractivity contribution in [1.29, 1.82) is 0 Å². The fourth-order valence-electron chi connectivity index (χ4n) is 3.60. The van der Waals surface area contributed by atoms with Crippen LogP contribution in [-0.2, 0) is 16.2 Å². The first kappa shape index (κ1) is 24.0. The third kappa shape index (κ3) is 6.71. The monoisotopic (exact) mass is 471 g/mol. The molecule has 0 bridgehead atoms. The number of fused-ring (bicyclic) bond motifs is 1. The van der Waals surface area contributed by atoms with E-state index in [9.17, 15) is 9.59 Å². The predicted octanol–water partition coefficient (Wildman–Crippen LogP) is 4.20. The SMILES string of the molecule is CN(C)CCN1C(=O)COc2cc(NC(=O)/C=C/c3ccc(OCc4ccccc4)cc3)ccc21. The number of hydrogen-bond donors (Lipinski definition) is 1. The maximum atomic E-state index is 12.4. The maximum absolute atomic E-state index is 12.4. The van der Waals surface area contributed by atoms with Crippen molar-refractivity contribution in [2.75, 3.05) is 44.0 Å². The smallest absolute Gasteiger partial charge is 0.265 e. The molecule has 0 saturated heterocycles. The molecule has 4 rings (SSSR count). The highest BCUT2D eigenvalue weighted by molar-refractivity contribution is 6.03.